The standard InChI is InChI=1S/C8H6INO4/c9-7(8(11)12)5-3-1-2-4-6(5)10(13)14/h1-4,7H,(H,11,12). The zero-order valence-corrected chi connectivity index (χ0v) is 9.04. The lowest BCUT2D eigenvalue weighted by Gasteiger charge is -2.04. The molecule has 1 N–H and O–H groups in total. The molecule has 0 heterocycles. The van der Waals surface area contributed by atoms with Crippen LogP contribution in [0, 0.1) is 10.1 Å². The van der Waals surface area contributed by atoms with Gasteiger partial charge in [0.05, 0.1) is 10.5 Å². The molecular weight excluding hydrogens is 301 g/mol. The molecule has 1 atom stereocenters. The summed E-state index contributed by atoms with van der Waals surface area (Å²) in [6.45, 7) is 0. The third-order valence-electron chi connectivity index (χ3n) is 1.62. The topological polar surface area (TPSA) is 80.4 Å². The highest BCUT2D eigenvalue weighted by Gasteiger charge is 2.24. The van der Waals surface area contributed by atoms with Crippen LogP contribution in [0.25, 0.3) is 0 Å². The van der Waals surface area contributed by atoms with Gasteiger partial charge in [0.2, 0.25) is 0 Å². The first-order valence-corrected chi connectivity index (χ1v) is 4.89. The van der Waals surface area contributed by atoms with E-state index in [2.05, 4.69) is 0 Å². The highest BCUT2D eigenvalue weighted by molar-refractivity contribution is 14.1. The van der Waals surface area contributed by atoms with E-state index in [4.69, 9.17) is 5.11 Å². The van der Waals surface area contributed by atoms with Gasteiger partial charge >= 0.3 is 5.97 Å². The van der Waals surface area contributed by atoms with Crippen molar-refractivity contribution in [3.8, 4) is 0 Å². The maximum atomic E-state index is 10.6. The summed E-state index contributed by atoms with van der Waals surface area (Å²) in [7, 11) is 0. The molecule has 6 heteroatoms. The molecule has 5 nitrogen and oxygen atoms in total. The number of nitrogens with zero attached hydrogens (tertiary/aromatic N) is 1. The van der Waals surface area contributed by atoms with Crippen LogP contribution in [-0.2, 0) is 4.79 Å². The average molecular weight is 307 g/mol. The molecule has 0 spiro atoms. The maximum absolute atomic E-state index is 10.6. The van der Waals surface area contributed by atoms with Crippen molar-refractivity contribution < 1.29 is 14.8 Å². The van der Waals surface area contributed by atoms with E-state index >= 15 is 0 Å². The Morgan fingerprint density at radius 3 is 2.57 bits per heavy atom. The molecule has 0 amide bonds. The zero-order chi connectivity index (χ0) is 10.7. The molecule has 1 unspecified atom stereocenters. The smallest absolute Gasteiger partial charge is 0.321 e. The number of nitro benzene ring substituents is 1. The Kier molecular flexibility index (Phi) is 3.39. The van der Waals surface area contributed by atoms with Gasteiger partial charge in [0.15, 0.2) is 0 Å². The number of hydrogen-bond acceptors (Lipinski definition) is 3. The number of rotatable bonds is 3. The van der Waals surface area contributed by atoms with Gasteiger partial charge in [-0.1, -0.05) is 40.8 Å². The predicted molar refractivity (Wildman–Crippen MR) is 57.5 cm³/mol. The van der Waals surface area contributed by atoms with Crippen molar-refractivity contribution in [3.05, 3.63) is 39.9 Å². The van der Waals surface area contributed by atoms with Gasteiger partial charge in [-0.15, -0.1) is 0 Å². The van der Waals surface area contributed by atoms with Crippen LogP contribution in [-0.4, -0.2) is 16.0 Å². The molecule has 1 aromatic rings. The Balaban J connectivity index is 3.19. The number of carboxylic acids is 1. The molecule has 0 bridgehead atoms. The van der Waals surface area contributed by atoms with Crippen molar-refractivity contribution in [2.45, 2.75) is 3.92 Å². The second-order valence-electron chi connectivity index (χ2n) is 2.52. The van der Waals surface area contributed by atoms with Gasteiger partial charge in [0.25, 0.3) is 5.69 Å². The number of hydrogen-bond donors (Lipinski definition) is 1. The molecule has 0 saturated carbocycles. The molecule has 0 saturated heterocycles. The van der Waals surface area contributed by atoms with Gasteiger partial charge in [-0.25, -0.2) is 0 Å². The minimum atomic E-state index is -1.08. The first-order valence-electron chi connectivity index (χ1n) is 3.64. The van der Waals surface area contributed by atoms with Gasteiger partial charge < -0.3 is 5.11 Å². The highest BCUT2D eigenvalue weighted by atomic mass is 127. The highest BCUT2D eigenvalue weighted by Crippen LogP contribution is 2.31. The van der Waals surface area contributed by atoms with Crippen LogP contribution in [0.5, 0.6) is 0 Å². The monoisotopic (exact) mass is 307 g/mol. The second kappa shape index (κ2) is 4.36. The summed E-state index contributed by atoms with van der Waals surface area (Å²) in [4.78, 5) is 20.6. The van der Waals surface area contributed by atoms with E-state index in [0.29, 0.717) is 0 Å². The van der Waals surface area contributed by atoms with Crippen LogP contribution in [0.15, 0.2) is 24.3 Å². The molecule has 0 aliphatic rings. The number of carboxylic acid groups (broad SMARTS) is 1. The van der Waals surface area contributed by atoms with Crippen molar-refractivity contribution in [1.82, 2.24) is 0 Å². The van der Waals surface area contributed by atoms with E-state index in [1.165, 1.54) is 18.2 Å². The fourth-order valence-corrected chi connectivity index (χ4v) is 1.53. The average Bonchev–Trinajstić information content (AvgIpc) is 2.16. The Bertz CT molecular complexity index is 379. The van der Waals surface area contributed by atoms with E-state index in [1.54, 1.807) is 28.7 Å². The van der Waals surface area contributed by atoms with Crippen LogP contribution in [0.2, 0.25) is 0 Å². The van der Waals surface area contributed by atoms with Gasteiger partial charge in [-0.3, -0.25) is 14.9 Å². The van der Waals surface area contributed by atoms with Crippen molar-refractivity contribution in [2.24, 2.45) is 0 Å². The predicted octanol–water partition coefficient (Wildman–Crippen LogP) is 2.16. The Morgan fingerprint density at radius 1 is 1.50 bits per heavy atom. The maximum Gasteiger partial charge on any atom is 0.321 e. The normalized spacial score (nSPS) is 12.1. The summed E-state index contributed by atoms with van der Waals surface area (Å²) in [5.41, 5.74) is 0.0555. The molecular formula is C8H6INO4. The van der Waals surface area contributed by atoms with Crippen LogP contribution in [0.1, 0.15) is 9.49 Å². The molecule has 0 radical (unpaired) electrons. The van der Waals surface area contributed by atoms with Gasteiger partial charge in [0.1, 0.15) is 3.92 Å². The number of aliphatic carboxylic acids is 1. The van der Waals surface area contributed by atoms with E-state index in [-0.39, 0.29) is 11.3 Å². The summed E-state index contributed by atoms with van der Waals surface area (Å²) in [5.74, 6) is -1.08. The third kappa shape index (κ3) is 2.19. The zero-order valence-electron chi connectivity index (χ0n) is 6.88. The van der Waals surface area contributed by atoms with E-state index in [0.717, 1.165) is 0 Å². The second-order valence-corrected chi connectivity index (χ2v) is 3.76. The minimum absolute atomic E-state index is 0.158. The SMILES string of the molecule is O=C(O)C(I)c1ccccc1[N+](=O)[O-]. The number of nitro groups is 1. The van der Waals surface area contributed by atoms with Crippen LogP contribution >= 0.6 is 22.6 Å². The summed E-state index contributed by atoms with van der Waals surface area (Å²) in [6, 6.07) is 5.83. The lowest BCUT2D eigenvalue weighted by atomic mass is 10.1. The molecule has 0 fully saturated rings. The lowest BCUT2D eigenvalue weighted by Crippen LogP contribution is -2.06. The van der Waals surface area contributed by atoms with Crippen LogP contribution < -0.4 is 0 Å². The molecule has 1 aromatic carbocycles. The molecule has 0 aliphatic heterocycles. The van der Waals surface area contributed by atoms with Crippen LogP contribution in [0.3, 0.4) is 0 Å². The van der Waals surface area contributed by atoms with Crippen molar-refractivity contribution in [2.75, 3.05) is 0 Å². The summed E-state index contributed by atoms with van der Waals surface area (Å²) >= 11 is 1.65. The Morgan fingerprint density at radius 2 is 2.07 bits per heavy atom. The first-order chi connectivity index (χ1) is 6.54. The van der Waals surface area contributed by atoms with Crippen molar-refractivity contribution in [3.63, 3.8) is 0 Å². The van der Waals surface area contributed by atoms with Gasteiger partial charge in [-0.05, 0) is 0 Å². The first kappa shape index (κ1) is 10.9. The number of carbonyl (C=O) groups is 1. The van der Waals surface area contributed by atoms with Gasteiger partial charge in [0, 0.05) is 6.07 Å². The van der Waals surface area contributed by atoms with Crippen molar-refractivity contribution in [1.29, 1.82) is 0 Å². The van der Waals surface area contributed by atoms with Gasteiger partial charge in [-0.2, -0.15) is 0 Å². The fraction of sp³-hybridized carbons (Fsp3) is 0.125. The number of para-hydroxylation sites is 1. The van der Waals surface area contributed by atoms with Crippen LogP contribution in [0.4, 0.5) is 5.69 Å². The largest absolute Gasteiger partial charge is 0.480 e. The molecule has 14 heavy (non-hydrogen) atoms. The number of halogens is 1. The fourth-order valence-electron chi connectivity index (χ4n) is 1.00. The molecule has 0 aromatic heterocycles. The Hall–Kier alpha value is -1.18. The number of benzene rings is 1. The van der Waals surface area contributed by atoms with E-state index in [9.17, 15) is 14.9 Å². The summed E-state index contributed by atoms with van der Waals surface area (Å²) in [6.07, 6.45) is 0. The van der Waals surface area contributed by atoms with E-state index in [1.807, 2.05) is 0 Å². The molecule has 0 aliphatic carbocycles. The van der Waals surface area contributed by atoms with E-state index < -0.39 is 14.8 Å². The van der Waals surface area contributed by atoms with Crippen molar-refractivity contribution >= 4 is 34.2 Å². The summed E-state index contributed by atoms with van der Waals surface area (Å²) in [5, 5.41) is 19.3. The molecule has 74 valence electrons. The third-order valence-corrected chi connectivity index (χ3v) is 2.83. The minimum Gasteiger partial charge on any atom is -0.480 e. The Labute approximate surface area is 93.0 Å². The lowest BCUT2D eigenvalue weighted by molar-refractivity contribution is -0.385. The number of alkyl halides is 1. The summed E-state index contributed by atoms with van der Waals surface area (Å²) < 4.78 is -0.894. The quantitative estimate of drug-likeness (QED) is 0.401. The molecule has 1 rings (SSSR count).